The lowest BCUT2D eigenvalue weighted by Crippen LogP contribution is -2.64. The van der Waals surface area contributed by atoms with Crippen molar-refractivity contribution in [1.29, 1.82) is 0 Å². The number of hydrogen-bond acceptors (Lipinski definition) is 4. The van der Waals surface area contributed by atoms with Crippen LogP contribution in [0.5, 0.6) is 11.5 Å². The zero-order valence-electron chi connectivity index (χ0n) is 18.5. The molecule has 0 saturated carbocycles. The molecule has 1 aliphatic heterocycles. The van der Waals surface area contributed by atoms with E-state index in [0.29, 0.717) is 22.8 Å². The monoisotopic (exact) mass is 462 g/mol. The van der Waals surface area contributed by atoms with Crippen molar-refractivity contribution in [3.05, 3.63) is 59.2 Å². The molecule has 1 heterocycles. The van der Waals surface area contributed by atoms with E-state index in [9.17, 15) is 19.5 Å². The van der Waals surface area contributed by atoms with E-state index < -0.39 is 7.82 Å². The first-order chi connectivity index (χ1) is 15.3. The molecule has 7 nitrogen and oxygen atoms in total. The van der Waals surface area contributed by atoms with Gasteiger partial charge in [0.1, 0.15) is 6.61 Å². The molecule has 174 valence electrons. The highest BCUT2D eigenvalue weighted by molar-refractivity contribution is 7.46. The first kappa shape index (κ1) is 23.3. The van der Waals surface area contributed by atoms with Gasteiger partial charge in [-0.2, -0.15) is 0 Å². The van der Waals surface area contributed by atoms with Crippen LogP contribution in [0, 0.1) is 5.92 Å². The maximum atomic E-state index is 11.4. The molecule has 2 aliphatic rings. The molecule has 0 radical (unpaired) electrons. The Morgan fingerprint density at radius 1 is 1.12 bits per heavy atom. The molecule has 0 spiro atoms. The molecule has 0 aromatic heterocycles. The van der Waals surface area contributed by atoms with Crippen LogP contribution < -0.4 is 4.74 Å². The normalized spacial score (nSPS) is 25.1. The van der Waals surface area contributed by atoms with Crippen LogP contribution in [0.4, 0.5) is 0 Å². The second kappa shape index (κ2) is 9.54. The van der Waals surface area contributed by atoms with Gasteiger partial charge in [-0.25, -0.2) is 9.09 Å². The van der Waals surface area contributed by atoms with Crippen molar-refractivity contribution in [3.8, 4) is 11.5 Å². The molecule has 1 aliphatic carbocycles. The zero-order valence-corrected chi connectivity index (χ0v) is 19.4. The number of phenolic OH excluding ortho intramolecular Hbond substituents is 1. The van der Waals surface area contributed by atoms with Crippen LogP contribution in [0.15, 0.2) is 42.5 Å². The molecule has 2 aromatic rings. The summed E-state index contributed by atoms with van der Waals surface area (Å²) in [7, 11) is -4.53. The fourth-order valence-electron chi connectivity index (χ4n) is 5.63. The number of nitrogens with zero attached hydrogens (tertiary/aromatic N) is 1. The summed E-state index contributed by atoms with van der Waals surface area (Å²) in [5.74, 6) is 1.06. The number of quaternary nitrogens is 1. The average molecular weight is 463 g/mol. The molecule has 32 heavy (non-hydrogen) atoms. The Bertz CT molecular complexity index is 974. The van der Waals surface area contributed by atoms with E-state index in [4.69, 9.17) is 9.26 Å². The van der Waals surface area contributed by atoms with Gasteiger partial charge in [-0.15, -0.1) is 0 Å². The van der Waals surface area contributed by atoms with Crippen LogP contribution in [0.1, 0.15) is 42.9 Å². The van der Waals surface area contributed by atoms with Crippen molar-refractivity contribution in [2.75, 3.05) is 19.8 Å². The quantitative estimate of drug-likeness (QED) is 0.403. The van der Waals surface area contributed by atoms with Gasteiger partial charge in [-0.05, 0) is 42.9 Å². The Labute approximate surface area is 189 Å². The van der Waals surface area contributed by atoms with Crippen LogP contribution >= 0.6 is 7.82 Å². The van der Waals surface area contributed by atoms with E-state index >= 15 is 0 Å². The van der Waals surface area contributed by atoms with Crippen molar-refractivity contribution in [1.82, 2.24) is 0 Å². The van der Waals surface area contributed by atoms with Crippen LogP contribution in [0.2, 0.25) is 0 Å². The van der Waals surface area contributed by atoms with Gasteiger partial charge in [0.05, 0.1) is 19.1 Å². The number of phosphoric ester groups is 1. The van der Waals surface area contributed by atoms with Gasteiger partial charge in [0, 0.05) is 17.9 Å². The Hall–Kier alpha value is -1.89. The third-order valence-corrected chi connectivity index (χ3v) is 7.51. The minimum atomic E-state index is -4.53. The summed E-state index contributed by atoms with van der Waals surface area (Å²) in [5.41, 5.74) is 3.08. The summed E-state index contributed by atoms with van der Waals surface area (Å²) in [4.78, 5) is 18.6. The lowest BCUT2D eigenvalue weighted by Gasteiger charge is -2.52. The molecule has 1 fully saturated rings. The summed E-state index contributed by atoms with van der Waals surface area (Å²) in [6, 6.07) is 14.0. The molecule has 4 rings (SSSR count). The Morgan fingerprint density at radius 3 is 2.62 bits per heavy atom. The highest BCUT2D eigenvalue weighted by Gasteiger charge is 2.48. The Kier molecular flexibility index (Phi) is 6.94. The standard InChI is InChI=1S/C24H32NO6P/c1-2-12-25(17-31-32(27,28)29)13-6-9-20-14-21-19(15-22(20)25)10-11-23(24(21)26)30-16-18-7-4-3-5-8-18/h3-5,7-8,10-11,20,22H,2,6,9,12-17H2,1H3,(H2-,26,27,28,29)/p+1/t20-,22-,25?/m1/s1. The van der Waals surface area contributed by atoms with Crippen molar-refractivity contribution in [2.45, 2.75) is 51.7 Å². The van der Waals surface area contributed by atoms with Gasteiger partial charge in [-0.3, -0.25) is 4.48 Å². The van der Waals surface area contributed by atoms with Crippen LogP contribution in [-0.4, -0.2) is 45.2 Å². The first-order valence-electron chi connectivity index (χ1n) is 11.4. The fraction of sp³-hybridized carbons (Fsp3) is 0.500. The SMILES string of the molecule is CCC[N+]1(COP(=O)(O)O)CCC[C@@H]2Cc3c(ccc(OCc4ccccc4)c3O)C[C@H]21. The van der Waals surface area contributed by atoms with Gasteiger partial charge in [0.15, 0.2) is 18.2 Å². The van der Waals surface area contributed by atoms with Crippen LogP contribution in [-0.2, 0) is 28.5 Å². The largest absolute Gasteiger partial charge is 0.504 e. The first-order valence-corrected chi connectivity index (χ1v) is 12.9. The number of likely N-dealkylation sites (tertiary alicyclic amines) is 1. The predicted molar refractivity (Wildman–Crippen MR) is 121 cm³/mol. The molecular formula is C24H33NO6P+. The second-order valence-electron chi connectivity index (χ2n) is 9.12. The van der Waals surface area contributed by atoms with Gasteiger partial charge in [0.2, 0.25) is 0 Å². The zero-order chi connectivity index (χ0) is 22.8. The molecule has 1 unspecified atom stereocenters. The minimum absolute atomic E-state index is 0.0267. The summed E-state index contributed by atoms with van der Waals surface area (Å²) in [6.07, 6.45) is 4.44. The number of piperidine rings is 1. The number of benzene rings is 2. The molecular weight excluding hydrogens is 429 g/mol. The van der Waals surface area contributed by atoms with Crippen LogP contribution in [0.3, 0.4) is 0 Å². The number of aromatic hydroxyl groups is 1. The average Bonchev–Trinajstić information content (AvgIpc) is 2.77. The minimum Gasteiger partial charge on any atom is -0.504 e. The third kappa shape index (κ3) is 5.03. The molecule has 0 amide bonds. The molecule has 8 heteroatoms. The van der Waals surface area contributed by atoms with Crippen LogP contribution in [0.25, 0.3) is 0 Å². The van der Waals surface area contributed by atoms with E-state index in [0.717, 1.165) is 61.9 Å². The summed E-state index contributed by atoms with van der Waals surface area (Å²) in [5, 5.41) is 11.0. The molecule has 0 bridgehead atoms. The second-order valence-corrected chi connectivity index (χ2v) is 10.4. The van der Waals surface area contributed by atoms with E-state index in [1.54, 1.807) is 0 Å². The topological polar surface area (TPSA) is 96.2 Å². The highest BCUT2D eigenvalue weighted by atomic mass is 31.2. The number of rotatable bonds is 8. The number of fused-ring (bicyclic) bond motifs is 2. The lowest BCUT2D eigenvalue weighted by atomic mass is 9.73. The van der Waals surface area contributed by atoms with Crippen molar-refractivity contribution >= 4 is 7.82 Å². The summed E-state index contributed by atoms with van der Waals surface area (Å²) < 4.78 is 23.0. The van der Waals surface area contributed by atoms with Crippen molar-refractivity contribution in [3.63, 3.8) is 0 Å². The van der Waals surface area contributed by atoms with E-state index in [2.05, 4.69) is 6.92 Å². The Balaban J connectivity index is 1.56. The summed E-state index contributed by atoms with van der Waals surface area (Å²) in [6.45, 7) is 4.20. The number of hydrogen-bond donors (Lipinski definition) is 3. The Morgan fingerprint density at radius 2 is 1.91 bits per heavy atom. The van der Waals surface area contributed by atoms with Crippen molar-refractivity contribution < 1.29 is 33.2 Å². The van der Waals surface area contributed by atoms with Gasteiger partial charge < -0.3 is 19.6 Å². The number of phosphoric acid groups is 1. The molecule has 2 aromatic carbocycles. The molecule has 3 N–H and O–H groups in total. The number of phenols is 1. The maximum Gasteiger partial charge on any atom is 0.474 e. The van der Waals surface area contributed by atoms with E-state index in [1.165, 1.54) is 0 Å². The number of ether oxygens (including phenoxy) is 1. The van der Waals surface area contributed by atoms with Gasteiger partial charge in [-0.1, -0.05) is 43.3 Å². The smallest absolute Gasteiger partial charge is 0.474 e. The fourth-order valence-corrected chi connectivity index (χ4v) is 6.01. The highest BCUT2D eigenvalue weighted by Crippen LogP contribution is 2.46. The molecule has 1 saturated heterocycles. The van der Waals surface area contributed by atoms with E-state index in [1.807, 2.05) is 42.5 Å². The van der Waals surface area contributed by atoms with Gasteiger partial charge in [0.25, 0.3) is 0 Å². The van der Waals surface area contributed by atoms with Gasteiger partial charge >= 0.3 is 7.82 Å². The predicted octanol–water partition coefficient (Wildman–Crippen LogP) is 4.14. The van der Waals surface area contributed by atoms with Crippen molar-refractivity contribution in [2.24, 2.45) is 5.92 Å². The third-order valence-electron chi connectivity index (χ3n) is 7.05. The lowest BCUT2D eigenvalue weighted by molar-refractivity contribution is -0.973. The molecule has 3 atom stereocenters. The van der Waals surface area contributed by atoms with E-state index in [-0.39, 0.29) is 18.5 Å². The summed E-state index contributed by atoms with van der Waals surface area (Å²) >= 11 is 0. The maximum absolute atomic E-state index is 11.4.